The highest BCUT2D eigenvalue weighted by Gasteiger charge is 2.04. The minimum Gasteiger partial charge on any atom is -0.354 e. The van der Waals surface area contributed by atoms with E-state index in [4.69, 9.17) is 0 Å². The highest BCUT2D eigenvalue weighted by atomic mass is 32.2. The molecule has 1 heterocycles. The third-order valence-corrected chi connectivity index (χ3v) is 3.85. The van der Waals surface area contributed by atoms with Crippen molar-refractivity contribution in [1.82, 2.24) is 4.98 Å². The van der Waals surface area contributed by atoms with E-state index in [9.17, 15) is 4.79 Å². The molecule has 0 saturated carbocycles. The molecule has 0 amide bonds. The summed E-state index contributed by atoms with van der Waals surface area (Å²) < 4.78 is 0. The van der Waals surface area contributed by atoms with Crippen LogP contribution in [-0.2, 0) is 0 Å². The Hall–Kier alpha value is -2.00. The lowest BCUT2D eigenvalue weighted by molar-refractivity contribution is 1.35. The summed E-state index contributed by atoms with van der Waals surface area (Å²) in [5, 5.41) is 0.734. The van der Waals surface area contributed by atoms with Crippen LogP contribution in [0, 0.1) is 0 Å². The van der Waals surface area contributed by atoms with Gasteiger partial charge in [0.1, 0.15) is 0 Å². The first-order chi connectivity index (χ1) is 9.28. The predicted octanol–water partition coefficient (Wildman–Crippen LogP) is 3.92. The largest absolute Gasteiger partial charge is 0.354 e. The van der Waals surface area contributed by atoms with Crippen LogP contribution < -0.4 is 5.43 Å². The van der Waals surface area contributed by atoms with Crippen molar-refractivity contribution in [1.29, 1.82) is 0 Å². The Morgan fingerprint density at radius 3 is 2.53 bits per heavy atom. The molecule has 1 N–H and O–H groups in total. The lowest BCUT2D eigenvalue weighted by atomic mass is 10.1. The highest BCUT2D eigenvalue weighted by Crippen LogP contribution is 2.22. The Labute approximate surface area is 115 Å². The van der Waals surface area contributed by atoms with E-state index in [1.807, 2.05) is 54.8 Å². The van der Waals surface area contributed by atoms with Gasteiger partial charge < -0.3 is 4.98 Å². The Kier molecular flexibility index (Phi) is 3.13. The number of fused-ring (bicyclic) bond motifs is 1. The number of hydrogen-bond acceptors (Lipinski definition) is 2. The van der Waals surface area contributed by atoms with Crippen molar-refractivity contribution in [3.8, 4) is 11.3 Å². The summed E-state index contributed by atoms with van der Waals surface area (Å²) >= 11 is 1.67. The molecule has 0 unspecified atom stereocenters. The molecule has 3 aromatic rings. The summed E-state index contributed by atoms with van der Waals surface area (Å²) in [7, 11) is 0. The van der Waals surface area contributed by atoms with Crippen molar-refractivity contribution in [2.24, 2.45) is 0 Å². The summed E-state index contributed by atoms with van der Waals surface area (Å²) in [5.41, 5.74) is 2.82. The van der Waals surface area contributed by atoms with Crippen LogP contribution in [0.5, 0.6) is 0 Å². The third-order valence-electron chi connectivity index (χ3n) is 3.12. The fraction of sp³-hybridized carbons (Fsp3) is 0.0625. The zero-order valence-corrected chi connectivity index (χ0v) is 11.3. The van der Waals surface area contributed by atoms with Gasteiger partial charge in [0.15, 0.2) is 5.43 Å². The lowest BCUT2D eigenvalue weighted by Crippen LogP contribution is -2.02. The number of hydrogen-bond donors (Lipinski definition) is 1. The molecule has 19 heavy (non-hydrogen) atoms. The van der Waals surface area contributed by atoms with E-state index in [0.717, 1.165) is 27.1 Å². The van der Waals surface area contributed by atoms with Gasteiger partial charge in [0.25, 0.3) is 0 Å². The standard InChI is InChI=1S/C16H13NOS/c1-19-12-7-8-13-15(9-12)17-14(10-16(13)18)11-5-3-2-4-6-11/h2-10H,1H3,(H,17,18). The van der Waals surface area contributed by atoms with Crippen LogP contribution >= 0.6 is 11.8 Å². The fourth-order valence-corrected chi connectivity index (χ4v) is 2.57. The number of thioether (sulfide) groups is 1. The van der Waals surface area contributed by atoms with Gasteiger partial charge >= 0.3 is 0 Å². The molecular formula is C16H13NOS. The molecule has 0 saturated heterocycles. The Bertz CT molecular complexity index is 778. The predicted molar refractivity (Wildman–Crippen MR) is 81.8 cm³/mol. The van der Waals surface area contributed by atoms with E-state index >= 15 is 0 Å². The van der Waals surface area contributed by atoms with Gasteiger partial charge in [0.05, 0.1) is 5.52 Å². The number of benzene rings is 2. The molecule has 0 fully saturated rings. The number of pyridine rings is 1. The summed E-state index contributed by atoms with van der Waals surface area (Å²) in [5.74, 6) is 0. The van der Waals surface area contributed by atoms with E-state index in [-0.39, 0.29) is 5.43 Å². The van der Waals surface area contributed by atoms with Crippen LogP contribution in [0.1, 0.15) is 0 Å². The molecule has 0 spiro atoms. The molecule has 3 rings (SSSR count). The highest BCUT2D eigenvalue weighted by molar-refractivity contribution is 7.98. The third kappa shape index (κ3) is 2.29. The van der Waals surface area contributed by atoms with Gasteiger partial charge in [-0.2, -0.15) is 0 Å². The number of nitrogens with one attached hydrogen (secondary N) is 1. The van der Waals surface area contributed by atoms with Crippen molar-refractivity contribution >= 4 is 22.7 Å². The fourth-order valence-electron chi connectivity index (χ4n) is 2.13. The molecule has 0 atom stereocenters. The van der Waals surface area contributed by atoms with E-state index < -0.39 is 0 Å². The van der Waals surface area contributed by atoms with E-state index in [2.05, 4.69) is 4.98 Å². The normalized spacial score (nSPS) is 10.8. The first-order valence-corrected chi connectivity index (χ1v) is 7.27. The minimum atomic E-state index is 0.0558. The Morgan fingerprint density at radius 1 is 1.00 bits per heavy atom. The van der Waals surface area contributed by atoms with Gasteiger partial charge in [0, 0.05) is 22.0 Å². The van der Waals surface area contributed by atoms with Crippen LogP contribution in [-0.4, -0.2) is 11.2 Å². The number of H-pyrrole nitrogens is 1. The minimum absolute atomic E-state index is 0.0558. The quantitative estimate of drug-likeness (QED) is 0.714. The van der Waals surface area contributed by atoms with Gasteiger partial charge in [-0.1, -0.05) is 30.3 Å². The molecule has 0 radical (unpaired) electrons. The molecule has 0 aliphatic rings. The summed E-state index contributed by atoms with van der Waals surface area (Å²) in [6.07, 6.45) is 2.03. The second-order valence-electron chi connectivity index (χ2n) is 4.32. The number of rotatable bonds is 2. The molecule has 3 heteroatoms. The van der Waals surface area contributed by atoms with Crippen molar-refractivity contribution in [3.63, 3.8) is 0 Å². The Morgan fingerprint density at radius 2 is 1.79 bits per heavy atom. The molecule has 0 aliphatic carbocycles. The van der Waals surface area contributed by atoms with E-state index in [1.54, 1.807) is 17.8 Å². The van der Waals surface area contributed by atoms with Crippen LogP contribution in [0.15, 0.2) is 64.3 Å². The molecule has 94 valence electrons. The van der Waals surface area contributed by atoms with Gasteiger partial charge in [-0.25, -0.2) is 0 Å². The van der Waals surface area contributed by atoms with Gasteiger partial charge in [-0.3, -0.25) is 4.79 Å². The maximum absolute atomic E-state index is 12.1. The van der Waals surface area contributed by atoms with Crippen LogP contribution in [0.4, 0.5) is 0 Å². The SMILES string of the molecule is CSc1ccc2c(=O)cc(-c3ccccc3)[nH]c2c1. The van der Waals surface area contributed by atoms with Crippen molar-refractivity contribution in [2.45, 2.75) is 4.90 Å². The monoisotopic (exact) mass is 267 g/mol. The van der Waals surface area contributed by atoms with Crippen molar-refractivity contribution < 1.29 is 0 Å². The van der Waals surface area contributed by atoms with Gasteiger partial charge in [-0.15, -0.1) is 11.8 Å². The Balaban J connectivity index is 2.26. The summed E-state index contributed by atoms with van der Waals surface area (Å²) in [6, 6.07) is 17.4. The summed E-state index contributed by atoms with van der Waals surface area (Å²) in [4.78, 5) is 16.6. The molecule has 1 aromatic heterocycles. The first kappa shape index (κ1) is 12.1. The topological polar surface area (TPSA) is 32.9 Å². The van der Waals surface area contributed by atoms with Gasteiger partial charge in [0.2, 0.25) is 0 Å². The average molecular weight is 267 g/mol. The molecule has 2 nitrogen and oxygen atoms in total. The second-order valence-corrected chi connectivity index (χ2v) is 5.20. The van der Waals surface area contributed by atoms with Gasteiger partial charge in [-0.05, 0) is 30.0 Å². The smallest absolute Gasteiger partial charge is 0.190 e. The maximum atomic E-state index is 12.1. The number of aromatic amines is 1. The van der Waals surface area contributed by atoms with Crippen LogP contribution in [0.2, 0.25) is 0 Å². The lowest BCUT2D eigenvalue weighted by Gasteiger charge is -2.05. The maximum Gasteiger partial charge on any atom is 0.190 e. The average Bonchev–Trinajstić information content (AvgIpc) is 2.47. The number of aromatic nitrogens is 1. The van der Waals surface area contributed by atoms with Crippen LogP contribution in [0.25, 0.3) is 22.2 Å². The van der Waals surface area contributed by atoms with E-state index in [0.29, 0.717) is 0 Å². The van der Waals surface area contributed by atoms with Crippen LogP contribution in [0.3, 0.4) is 0 Å². The molecular weight excluding hydrogens is 254 g/mol. The zero-order valence-electron chi connectivity index (χ0n) is 10.5. The molecule has 0 aliphatic heterocycles. The van der Waals surface area contributed by atoms with Crippen molar-refractivity contribution in [2.75, 3.05) is 6.26 Å². The molecule has 0 bridgehead atoms. The van der Waals surface area contributed by atoms with Crippen molar-refractivity contribution in [3.05, 3.63) is 64.8 Å². The second kappa shape index (κ2) is 4.94. The zero-order chi connectivity index (χ0) is 13.2. The summed E-state index contributed by atoms with van der Waals surface area (Å²) in [6.45, 7) is 0. The van der Waals surface area contributed by atoms with E-state index in [1.165, 1.54) is 0 Å². The first-order valence-electron chi connectivity index (χ1n) is 6.04. The molecule has 2 aromatic carbocycles.